The number of nitrogens with zero attached hydrogens (tertiary/aromatic N) is 1. The van der Waals surface area contributed by atoms with E-state index in [2.05, 4.69) is 5.32 Å². The summed E-state index contributed by atoms with van der Waals surface area (Å²) in [7, 11) is -3.59. The number of halogens is 1. The van der Waals surface area contributed by atoms with Gasteiger partial charge in [0.1, 0.15) is 0 Å². The van der Waals surface area contributed by atoms with Crippen LogP contribution in [0.15, 0.2) is 23.1 Å². The highest BCUT2D eigenvalue weighted by Gasteiger charge is 2.31. The van der Waals surface area contributed by atoms with Crippen LogP contribution in [0.3, 0.4) is 0 Å². The number of benzene rings is 1. The van der Waals surface area contributed by atoms with E-state index < -0.39 is 10.0 Å². The Balaban J connectivity index is 0.00000280. The molecule has 0 aromatic heterocycles. The van der Waals surface area contributed by atoms with Gasteiger partial charge in [-0.2, -0.15) is 4.31 Å². The van der Waals surface area contributed by atoms with E-state index in [1.54, 1.807) is 16.4 Å². The minimum absolute atomic E-state index is 0. The molecular weight excluding hydrogens is 398 g/mol. The number of nitrogens with one attached hydrogen (secondary N) is 1. The summed E-state index contributed by atoms with van der Waals surface area (Å²) in [5.74, 6) is -0.197. The van der Waals surface area contributed by atoms with Crippen molar-refractivity contribution >= 4 is 28.3 Å². The molecule has 0 radical (unpaired) electrons. The summed E-state index contributed by atoms with van der Waals surface area (Å²) in [6, 6.07) is 5.21. The lowest BCUT2D eigenvalue weighted by molar-refractivity contribution is 0.0925. The lowest BCUT2D eigenvalue weighted by Gasteiger charge is -2.32. The second-order valence-corrected chi connectivity index (χ2v) is 9.91. The maximum Gasteiger partial charge on any atom is 0.251 e. The molecule has 3 rings (SSSR count). The highest BCUT2D eigenvalue weighted by atomic mass is 35.5. The topological polar surface area (TPSA) is 92.5 Å². The lowest BCUT2D eigenvalue weighted by Crippen LogP contribution is -2.42. The second-order valence-electron chi connectivity index (χ2n) is 8.02. The van der Waals surface area contributed by atoms with Gasteiger partial charge in [-0.05, 0) is 70.1 Å². The Kier molecular flexibility index (Phi) is 7.90. The van der Waals surface area contributed by atoms with Crippen molar-refractivity contribution in [3.8, 4) is 0 Å². The van der Waals surface area contributed by atoms with Crippen molar-refractivity contribution in [2.75, 3.05) is 6.54 Å². The first-order valence-corrected chi connectivity index (χ1v) is 11.4. The number of piperidine rings is 1. The van der Waals surface area contributed by atoms with Gasteiger partial charge in [-0.3, -0.25) is 4.79 Å². The molecule has 6 nitrogen and oxygen atoms in total. The van der Waals surface area contributed by atoms with Gasteiger partial charge in [0.2, 0.25) is 10.0 Å². The van der Waals surface area contributed by atoms with E-state index in [-0.39, 0.29) is 41.3 Å². The van der Waals surface area contributed by atoms with Gasteiger partial charge in [0.25, 0.3) is 5.91 Å². The largest absolute Gasteiger partial charge is 0.349 e. The van der Waals surface area contributed by atoms with Crippen molar-refractivity contribution in [1.82, 2.24) is 9.62 Å². The highest BCUT2D eigenvalue weighted by Crippen LogP contribution is 2.26. The normalized spacial score (nSPS) is 26.3. The van der Waals surface area contributed by atoms with E-state index in [4.69, 9.17) is 5.73 Å². The van der Waals surface area contributed by atoms with Gasteiger partial charge in [-0.1, -0.05) is 12.5 Å². The fourth-order valence-corrected chi connectivity index (χ4v) is 5.82. The van der Waals surface area contributed by atoms with Crippen molar-refractivity contribution in [2.24, 2.45) is 5.73 Å². The molecule has 2 aliphatic rings. The molecule has 8 heteroatoms. The number of hydrogen-bond acceptors (Lipinski definition) is 4. The molecule has 1 saturated carbocycles. The number of nitrogens with two attached hydrogens (primary N) is 1. The zero-order chi connectivity index (χ0) is 19.6. The van der Waals surface area contributed by atoms with Gasteiger partial charge in [0.05, 0.1) is 4.90 Å². The van der Waals surface area contributed by atoms with Crippen LogP contribution in [0.1, 0.15) is 67.8 Å². The predicted octanol–water partition coefficient (Wildman–Crippen LogP) is 2.98. The summed E-state index contributed by atoms with van der Waals surface area (Å²) in [4.78, 5) is 13.0. The molecule has 158 valence electrons. The van der Waals surface area contributed by atoms with Crippen LogP contribution in [-0.2, 0) is 10.0 Å². The van der Waals surface area contributed by atoms with E-state index in [0.29, 0.717) is 12.1 Å². The highest BCUT2D eigenvalue weighted by molar-refractivity contribution is 7.89. The van der Waals surface area contributed by atoms with Gasteiger partial charge in [-0.15, -0.1) is 12.4 Å². The second kappa shape index (κ2) is 9.57. The average Bonchev–Trinajstić information content (AvgIpc) is 2.64. The van der Waals surface area contributed by atoms with Crippen LogP contribution in [0.2, 0.25) is 0 Å². The van der Waals surface area contributed by atoms with E-state index in [0.717, 1.165) is 50.5 Å². The molecule has 1 aromatic rings. The van der Waals surface area contributed by atoms with Crippen LogP contribution in [0.5, 0.6) is 0 Å². The summed E-state index contributed by atoms with van der Waals surface area (Å²) in [5, 5.41) is 3.06. The van der Waals surface area contributed by atoms with Gasteiger partial charge in [-0.25, -0.2) is 8.42 Å². The van der Waals surface area contributed by atoms with E-state index in [1.165, 1.54) is 6.07 Å². The number of carbonyl (C=O) groups is 1. The van der Waals surface area contributed by atoms with Crippen LogP contribution in [0.4, 0.5) is 0 Å². The minimum Gasteiger partial charge on any atom is -0.349 e. The molecule has 1 amide bonds. The first-order valence-electron chi connectivity index (χ1n) is 9.98. The molecule has 1 atom stereocenters. The summed E-state index contributed by atoms with van der Waals surface area (Å²) in [5.41, 5.74) is 7.15. The third-order valence-corrected chi connectivity index (χ3v) is 7.92. The Labute approximate surface area is 174 Å². The maximum absolute atomic E-state index is 13.1. The molecule has 28 heavy (non-hydrogen) atoms. The monoisotopic (exact) mass is 429 g/mol. The zero-order valence-corrected chi connectivity index (χ0v) is 18.3. The fraction of sp³-hybridized carbons (Fsp3) is 0.650. The van der Waals surface area contributed by atoms with Crippen molar-refractivity contribution in [3.63, 3.8) is 0 Å². The third-order valence-electron chi connectivity index (χ3n) is 5.91. The van der Waals surface area contributed by atoms with Crippen LogP contribution in [-0.4, -0.2) is 43.3 Å². The van der Waals surface area contributed by atoms with Crippen LogP contribution in [0, 0.1) is 6.92 Å². The Hall–Kier alpha value is -1.15. The molecule has 0 bridgehead atoms. The Morgan fingerprint density at radius 1 is 1.14 bits per heavy atom. The van der Waals surface area contributed by atoms with E-state index >= 15 is 0 Å². The lowest BCUT2D eigenvalue weighted by atomic mass is 9.91. The van der Waals surface area contributed by atoms with Crippen LogP contribution in [0.25, 0.3) is 0 Å². The average molecular weight is 430 g/mol. The molecule has 1 aliphatic heterocycles. The van der Waals surface area contributed by atoms with Crippen molar-refractivity contribution in [1.29, 1.82) is 0 Å². The smallest absolute Gasteiger partial charge is 0.251 e. The van der Waals surface area contributed by atoms with E-state index in [9.17, 15) is 13.2 Å². The Morgan fingerprint density at radius 2 is 1.82 bits per heavy atom. The summed E-state index contributed by atoms with van der Waals surface area (Å²) in [6.07, 6.45) is 6.37. The Bertz CT molecular complexity index is 792. The summed E-state index contributed by atoms with van der Waals surface area (Å²) < 4.78 is 27.8. The molecular formula is C20H32ClN3O3S. The molecule has 1 aliphatic carbocycles. The fourth-order valence-electron chi connectivity index (χ4n) is 4.10. The molecule has 1 heterocycles. The number of hydrogen-bond donors (Lipinski definition) is 2. The first-order chi connectivity index (χ1) is 12.8. The standard InChI is InChI=1S/C20H31N3O3S.ClH/c1-14-6-11-18(27(25,26)23-12-4-3-5-15(23)2)13-19(14)20(24)22-17-9-7-16(21)8-10-17;/h6,11,13,15-17H,3-5,7-10,12,21H2,1-2H3,(H,22,24);1H. The van der Waals surface area contributed by atoms with Crippen LogP contribution < -0.4 is 11.1 Å². The number of sulfonamides is 1. The maximum atomic E-state index is 13.1. The summed E-state index contributed by atoms with van der Waals surface area (Å²) >= 11 is 0. The van der Waals surface area contributed by atoms with Gasteiger partial charge in [0, 0.05) is 30.2 Å². The number of aryl methyl sites for hydroxylation is 1. The predicted molar refractivity (Wildman–Crippen MR) is 113 cm³/mol. The first kappa shape index (κ1) is 23.1. The molecule has 1 unspecified atom stereocenters. The van der Waals surface area contributed by atoms with Crippen molar-refractivity contribution in [2.45, 2.75) is 81.8 Å². The van der Waals surface area contributed by atoms with Crippen molar-refractivity contribution in [3.05, 3.63) is 29.3 Å². The van der Waals surface area contributed by atoms with Crippen LogP contribution >= 0.6 is 12.4 Å². The number of carbonyl (C=O) groups excluding carboxylic acids is 1. The molecule has 1 aromatic carbocycles. The zero-order valence-electron chi connectivity index (χ0n) is 16.7. The third kappa shape index (κ3) is 5.06. The number of rotatable bonds is 4. The Morgan fingerprint density at radius 3 is 2.46 bits per heavy atom. The molecule has 2 fully saturated rings. The van der Waals surface area contributed by atoms with Gasteiger partial charge in [0.15, 0.2) is 0 Å². The quantitative estimate of drug-likeness (QED) is 0.769. The van der Waals surface area contributed by atoms with Gasteiger partial charge < -0.3 is 11.1 Å². The summed E-state index contributed by atoms with van der Waals surface area (Å²) in [6.45, 7) is 4.33. The minimum atomic E-state index is -3.59. The van der Waals surface area contributed by atoms with Crippen molar-refractivity contribution < 1.29 is 13.2 Å². The number of amides is 1. The molecule has 3 N–H and O–H groups in total. The molecule has 0 spiro atoms. The molecule has 1 saturated heterocycles. The van der Waals surface area contributed by atoms with E-state index in [1.807, 2.05) is 13.8 Å². The SMILES string of the molecule is Cc1ccc(S(=O)(=O)N2CCCCC2C)cc1C(=O)NC1CCC(N)CC1.Cl. The van der Waals surface area contributed by atoms with Gasteiger partial charge >= 0.3 is 0 Å².